The van der Waals surface area contributed by atoms with Crippen molar-refractivity contribution in [3.8, 4) is 5.75 Å². The average molecular weight is 362 g/mol. The number of nitrogens with zero attached hydrogens (tertiary/aromatic N) is 1. The van der Waals surface area contributed by atoms with Crippen LogP contribution in [-0.2, 0) is 0 Å². The molecule has 2 fully saturated rings. The van der Waals surface area contributed by atoms with Gasteiger partial charge < -0.3 is 15.0 Å². The zero-order valence-electron chi connectivity index (χ0n) is 11.3. The molecule has 6 heteroatoms. The number of fused-ring (bicyclic) bond motifs is 1. The zero-order chi connectivity index (χ0) is 13.4. The maximum Gasteiger partial charge on any atom is 0.253 e. The number of rotatable bonds is 2. The average Bonchev–Trinajstić information content (AvgIpc) is 2.98. The minimum Gasteiger partial charge on any atom is -0.496 e. The lowest BCUT2D eigenvalue weighted by Crippen LogP contribution is -2.31. The number of carbonyl (C=O) groups is 1. The summed E-state index contributed by atoms with van der Waals surface area (Å²) < 4.78 is 6.01. The minimum absolute atomic E-state index is 0. The van der Waals surface area contributed by atoms with Crippen LogP contribution in [0.5, 0.6) is 5.75 Å². The maximum atomic E-state index is 12.5. The molecule has 1 N–H and O–H groups in total. The van der Waals surface area contributed by atoms with Crippen molar-refractivity contribution in [1.29, 1.82) is 0 Å². The van der Waals surface area contributed by atoms with Gasteiger partial charge >= 0.3 is 0 Å². The molecule has 0 unspecified atom stereocenters. The van der Waals surface area contributed by atoms with Gasteiger partial charge in [0.15, 0.2) is 0 Å². The van der Waals surface area contributed by atoms with E-state index in [1.54, 1.807) is 7.11 Å². The van der Waals surface area contributed by atoms with Gasteiger partial charge in [-0.3, -0.25) is 4.79 Å². The molecule has 1 amide bonds. The second-order valence-corrected chi connectivity index (χ2v) is 6.09. The summed E-state index contributed by atoms with van der Waals surface area (Å²) in [5.41, 5.74) is 0.723. The number of carbonyl (C=O) groups excluding carboxylic acids is 1. The van der Waals surface area contributed by atoms with E-state index >= 15 is 0 Å². The Morgan fingerprint density at radius 2 is 2.00 bits per heavy atom. The van der Waals surface area contributed by atoms with Gasteiger partial charge in [-0.05, 0) is 46.0 Å². The van der Waals surface area contributed by atoms with E-state index in [0.717, 1.165) is 42.0 Å². The van der Waals surface area contributed by atoms with Gasteiger partial charge in [0, 0.05) is 31.7 Å². The first-order chi connectivity index (χ1) is 9.19. The summed E-state index contributed by atoms with van der Waals surface area (Å²) in [6.07, 6.45) is 0. The van der Waals surface area contributed by atoms with Crippen LogP contribution in [0.4, 0.5) is 0 Å². The highest BCUT2D eigenvalue weighted by Gasteiger charge is 2.38. The SMILES string of the molecule is COc1ccc(C(=O)N2C[C@H]3CNC[C@H]3C2)cc1Br.Cl. The van der Waals surface area contributed by atoms with E-state index in [-0.39, 0.29) is 18.3 Å². The quantitative estimate of drug-likeness (QED) is 0.878. The Hall–Kier alpha value is -0.780. The number of ether oxygens (including phenoxy) is 1. The molecule has 1 aromatic rings. The minimum atomic E-state index is 0. The normalized spacial score (nSPS) is 24.2. The van der Waals surface area contributed by atoms with Crippen molar-refractivity contribution in [3.63, 3.8) is 0 Å². The van der Waals surface area contributed by atoms with Crippen LogP contribution in [0, 0.1) is 11.8 Å². The van der Waals surface area contributed by atoms with Gasteiger partial charge in [-0.1, -0.05) is 0 Å². The number of halogens is 2. The van der Waals surface area contributed by atoms with E-state index in [4.69, 9.17) is 4.74 Å². The van der Waals surface area contributed by atoms with Gasteiger partial charge in [-0.25, -0.2) is 0 Å². The Bertz CT molecular complexity index is 500. The summed E-state index contributed by atoms with van der Waals surface area (Å²) >= 11 is 3.43. The van der Waals surface area contributed by atoms with Gasteiger partial charge in [0.2, 0.25) is 0 Å². The number of benzene rings is 1. The van der Waals surface area contributed by atoms with Crippen LogP contribution >= 0.6 is 28.3 Å². The van der Waals surface area contributed by atoms with Crippen LogP contribution < -0.4 is 10.1 Å². The van der Waals surface area contributed by atoms with E-state index < -0.39 is 0 Å². The van der Waals surface area contributed by atoms with Gasteiger partial charge in [0.25, 0.3) is 5.91 Å². The fourth-order valence-electron chi connectivity index (χ4n) is 3.00. The highest BCUT2D eigenvalue weighted by molar-refractivity contribution is 9.10. The molecule has 2 heterocycles. The van der Waals surface area contributed by atoms with Crippen molar-refractivity contribution in [1.82, 2.24) is 10.2 Å². The Morgan fingerprint density at radius 3 is 2.55 bits per heavy atom. The Kier molecular flexibility index (Phi) is 4.94. The molecule has 0 spiro atoms. The first-order valence-electron chi connectivity index (χ1n) is 6.52. The molecule has 2 saturated heterocycles. The summed E-state index contributed by atoms with van der Waals surface area (Å²) in [5, 5.41) is 3.39. The Labute approximate surface area is 133 Å². The molecular formula is C14H18BrClN2O2. The standard InChI is InChI=1S/C14H17BrN2O2.ClH/c1-19-13-3-2-9(4-12(13)15)14(18)17-7-10-5-16-6-11(10)8-17;/h2-4,10-11,16H,5-8H2,1H3;1H/t10-,11+;. The molecule has 2 atom stereocenters. The van der Waals surface area contributed by atoms with E-state index in [1.807, 2.05) is 23.1 Å². The van der Waals surface area contributed by atoms with Crippen molar-refractivity contribution in [3.05, 3.63) is 28.2 Å². The molecule has 0 saturated carbocycles. The van der Waals surface area contributed by atoms with E-state index in [2.05, 4.69) is 21.2 Å². The molecule has 0 bridgehead atoms. The first kappa shape index (κ1) is 15.6. The lowest BCUT2D eigenvalue weighted by atomic mass is 10.0. The topological polar surface area (TPSA) is 41.6 Å². The summed E-state index contributed by atoms with van der Waals surface area (Å²) in [5.74, 6) is 2.13. The number of methoxy groups -OCH3 is 1. The Balaban J connectivity index is 0.00000147. The van der Waals surface area contributed by atoms with Crippen LogP contribution in [0.3, 0.4) is 0 Å². The van der Waals surface area contributed by atoms with E-state index in [9.17, 15) is 4.79 Å². The largest absolute Gasteiger partial charge is 0.496 e. The van der Waals surface area contributed by atoms with E-state index in [1.165, 1.54) is 0 Å². The Morgan fingerprint density at radius 1 is 1.35 bits per heavy atom. The van der Waals surface area contributed by atoms with Crippen molar-refractivity contribution in [2.24, 2.45) is 11.8 Å². The van der Waals surface area contributed by atoms with Crippen molar-refractivity contribution in [2.75, 3.05) is 33.3 Å². The van der Waals surface area contributed by atoms with Gasteiger partial charge in [-0.2, -0.15) is 0 Å². The number of likely N-dealkylation sites (tertiary alicyclic amines) is 1. The smallest absolute Gasteiger partial charge is 0.253 e. The third-order valence-electron chi connectivity index (χ3n) is 4.08. The fraction of sp³-hybridized carbons (Fsp3) is 0.500. The number of hydrogen-bond donors (Lipinski definition) is 1. The number of amides is 1. The number of hydrogen-bond acceptors (Lipinski definition) is 3. The first-order valence-corrected chi connectivity index (χ1v) is 7.32. The van der Waals surface area contributed by atoms with Crippen LogP contribution in [-0.4, -0.2) is 44.1 Å². The van der Waals surface area contributed by atoms with Crippen LogP contribution in [0.15, 0.2) is 22.7 Å². The van der Waals surface area contributed by atoms with Gasteiger partial charge in [0.1, 0.15) is 5.75 Å². The summed E-state index contributed by atoms with van der Waals surface area (Å²) in [7, 11) is 1.62. The van der Waals surface area contributed by atoms with Crippen molar-refractivity contribution >= 4 is 34.2 Å². The molecule has 3 rings (SSSR count). The van der Waals surface area contributed by atoms with Crippen molar-refractivity contribution < 1.29 is 9.53 Å². The third kappa shape index (κ3) is 2.80. The zero-order valence-corrected chi connectivity index (χ0v) is 13.7. The predicted molar refractivity (Wildman–Crippen MR) is 83.7 cm³/mol. The van der Waals surface area contributed by atoms with Crippen molar-refractivity contribution in [2.45, 2.75) is 0 Å². The fourth-order valence-corrected chi connectivity index (χ4v) is 3.54. The maximum absolute atomic E-state index is 12.5. The lowest BCUT2D eigenvalue weighted by Gasteiger charge is -2.18. The van der Waals surface area contributed by atoms with Crippen LogP contribution in [0.2, 0.25) is 0 Å². The highest BCUT2D eigenvalue weighted by atomic mass is 79.9. The second kappa shape index (κ2) is 6.33. The molecule has 2 aliphatic heterocycles. The second-order valence-electron chi connectivity index (χ2n) is 5.24. The predicted octanol–water partition coefficient (Wildman–Crippen LogP) is 2.17. The summed E-state index contributed by atoms with van der Waals surface area (Å²) in [6.45, 7) is 3.84. The van der Waals surface area contributed by atoms with Gasteiger partial charge in [-0.15, -0.1) is 12.4 Å². The molecule has 20 heavy (non-hydrogen) atoms. The summed E-state index contributed by atoms with van der Waals surface area (Å²) in [6, 6.07) is 5.50. The summed E-state index contributed by atoms with van der Waals surface area (Å²) in [4.78, 5) is 14.5. The van der Waals surface area contributed by atoms with Crippen LogP contribution in [0.1, 0.15) is 10.4 Å². The molecule has 110 valence electrons. The molecule has 0 radical (unpaired) electrons. The molecule has 0 aromatic heterocycles. The van der Waals surface area contributed by atoms with Gasteiger partial charge in [0.05, 0.1) is 11.6 Å². The third-order valence-corrected chi connectivity index (χ3v) is 4.70. The number of nitrogens with one attached hydrogen (secondary N) is 1. The van der Waals surface area contributed by atoms with Crippen LogP contribution in [0.25, 0.3) is 0 Å². The monoisotopic (exact) mass is 360 g/mol. The lowest BCUT2D eigenvalue weighted by molar-refractivity contribution is 0.0781. The molecular weight excluding hydrogens is 344 g/mol. The molecule has 0 aliphatic carbocycles. The molecule has 2 aliphatic rings. The van der Waals surface area contributed by atoms with E-state index in [0.29, 0.717) is 11.8 Å². The highest BCUT2D eigenvalue weighted by Crippen LogP contribution is 2.30. The molecule has 1 aromatic carbocycles. The molecule has 4 nitrogen and oxygen atoms in total.